The van der Waals surface area contributed by atoms with Gasteiger partial charge in [-0.25, -0.2) is 15.0 Å². The summed E-state index contributed by atoms with van der Waals surface area (Å²) in [5.74, 6) is 0.547. The Morgan fingerprint density at radius 3 is 3.06 bits per heavy atom. The lowest BCUT2D eigenvalue weighted by molar-refractivity contribution is -0.0149. The van der Waals surface area contributed by atoms with Gasteiger partial charge in [0.15, 0.2) is 17.3 Å². The van der Waals surface area contributed by atoms with E-state index in [2.05, 4.69) is 19.9 Å². The molecule has 0 aliphatic carbocycles. The lowest BCUT2D eigenvalue weighted by atomic mass is 10.1. The molecule has 8 heteroatoms. The van der Waals surface area contributed by atoms with Crippen molar-refractivity contribution in [3.8, 4) is 0 Å². The van der Waals surface area contributed by atoms with Gasteiger partial charge in [0, 0.05) is 6.42 Å². The van der Waals surface area contributed by atoms with E-state index >= 15 is 0 Å². The highest BCUT2D eigenvalue weighted by Gasteiger charge is 2.37. The van der Waals surface area contributed by atoms with Crippen LogP contribution in [0.4, 0.5) is 5.82 Å². The first-order valence-electron chi connectivity index (χ1n) is 5.60. The molecule has 0 unspecified atom stereocenters. The van der Waals surface area contributed by atoms with Gasteiger partial charge >= 0.3 is 0 Å². The van der Waals surface area contributed by atoms with Crippen LogP contribution in [0, 0.1) is 0 Å². The number of nitrogen functional groups attached to an aromatic ring is 1. The molecule has 2 aromatic rings. The second kappa shape index (κ2) is 4.16. The number of nitrogens with two attached hydrogens (primary N) is 1. The first-order valence-corrected chi connectivity index (χ1v) is 5.60. The number of hydrogen-bond donors (Lipinski definition) is 4. The van der Waals surface area contributed by atoms with Gasteiger partial charge in [0.05, 0.1) is 25.1 Å². The number of aromatic amines is 1. The third-order valence-corrected chi connectivity index (χ3v) is 2.98. The van der Waals surface area contributed by atoms with Gasteiger partial charge in [0.25, 0.3) is 0 Å². The third-order valence-electron chi connectivity index (χ3n) is 2.98. The predicted molar refractivity (Wildman–Crippen MR) is 61.4 cm³/mol. The average Bonchev–Trinajstić information content (AvgIpc) is 2.95. The first-order chi connectivity index (χ1) is 8.69. The summed E-state index contributed by atoms with van der Waals surface area (Å²) in [7, 11) is 0. The standard InChI is InChI=1S/C10H13N5O3/c11-8-6-9(13-3-12-6)15-10(14-8)7-5(17)1-4(2-16)18-7/h3-5,7,16-17H,1-2H2,(H3,11,12,13,14,15)/t4-,5+,7+/m0/s1. The molecule has 96 valence electrons. The van der Waals surface area contributed by atoms with Crippen LogP contribution in [0.2, 0.25) is 0 Å². The largest absolute Gasteiger partial charge is 0.394 e. The number of rotatable bonds is 2. The molecular weight excluding hydrogens is 238 g/mol. The van der Waals surface area contributed by atoms with E-state index in [0.717, 1.165) is 0 Å². The van der Waals surface area contributed by atoms with Gasteiger partial charge in [-0.3, -0.25) is 0 Å². The molecule has 3 heterocycles. The zero-order valence-electron chi connectivity index (χ0n) is 9.45. The van der Waals surface area contributed by atoms with Crippen LogP contribution in [0.5, 0.6) is 0 Å². The quantitative estimate of drug-likeness (QED) is 0.545. The minimum Gasteiger partial charge on any atom is -0.394 e. The fourth-order valence-electron chi connectivity index (χ4n) is 2.10. The number of H-pyrrole nitrogens is 1. The summed E-state index contributed by atoms with van der Waals surface area (Å²) in [6, 6.07) is 0. The molecule has 18 heavy (non-hydrogen) atoms. The molecule has 3 atom stereocenters. The van der Waals surface area contributed by atoms with Gasteiger partial charge in [0.1, 0.15) is 11.6 Å². The number of nitrogens with one attached hydrogen (secondary N) is 1. The first kappa shape index (κ1) is 11.3. The number of nitrogens with zero attached hydrogens (tertiary/aromatic N) is 3. The molecule has 1 aliphatic rings. The summed E-state index contributed by atoms with van der Waals surface area (Å²) in [6.45, 7) is -0.145. The Bertz CT molecular complexity index is 572. The Morgan fingerprint density at radius 1 is 1.50 bits per heavy atom. The van der Waals surface area contributed by atoms with E-state index in [0.29, 0.717) is 17.6 Å². The molecule has 1 fully saturated rings. The van der Waals surface area contributed by atoms with E-state index in [1.165, 1.54) is 6.33 Å². The van der Waals surface area contributed by atoms with Crippen LogP contribution in [0.25, 0.3) is 11.2 Å². The van der Waals surface area contributed by atoms with Gasteiger partial charge in [-0.2, -0.15) is 0 Å². The summed E-state index contributed by atoms with van der Waals surface area (Å²) in [4.78, 5) is 15.1. The summed E-state index contributed by atoms with van der Waals surface area (Å²) in [5.41, 5.74) is 6.76. The van der Waals surface area contributed by atoms with E-state index in [1.807, 2.05) is 0 Å². The summed E-state index contributed by atoms with van der Waals surface area (Å²) in [5, 5.41) is 18.9. The van der Waals surface area contributed by atoms with Crippen molar-refractivity contribution in [3.63, 3.8) is 0 Å². The van der Waals surface area contributed by atoms with Crippen LogP contribution < -0.4 is 5.73 Å². The molecule has 1 saturated heterocycles. The molecule has 0 saturated carbocycles. The van der Waals surface area contributed by atoms with Crippen molar-refractivity contribution in [3.05, 3.63) is 12.2 Å². The average molecular weight is 251 g/mol. The zero-order chi connectivity index (χ0) is 12.7. The van der Waals surface area contributed by atoms with Gasteiger partial charge < -0.3 is 25.7 Å². The van der Waals surface area contributed by atoms with E-state index in [1.54, 1.807) is 0 Å². The SMILES string of the molecule is Nc1nc([C@@H]2O[C@H](CO)C[C@H]2O)nc2nc[nH]c12. The molecule has 0 spiro atoms. The minimum atomic E-state index is -0.752. The fraction of sp³-hybridized carbons (Fsp3) is 0.500. The second-order valence-electron chi connectivity index (χ2n) is 4.23. The fourth-order valence-corrected chi connectivity index (χ4v) is 2.10. The van der Waals surface area contributed by atoms with Crippen molar-refractivity contribution in [2.45, 2.75) is 24.7 Å². The number of imidazole rings is 1. The molecule has 0 aromatic carbocycles. The molecular formula is C10H13N5O3. The van der Waals surface area contributed by atoms with Crippen LogP contribution in [0.1, 0.15) is 18.3 Å². The number of aromatic nitrogens is 4. The molecule has 2 aromatic heterocycles. The summed E-state index contributed by atoms with van der Waals surface area (Å²) < 4.78 is 5.47. The molecule has 1 aliphatic heterocycles. The number of aliphatic hydroxyl groups excluding tert-OH is 2. The Morgan fingerprint density at radius 2 is 2.33 bits per heavy atom. The van der Waals surface area contributed by atoms with E-state index in [9.17, 15) is 5.11 Å². The van der Waals surface area contributed by atoms with E-state index < -0.39 is 18.3 Å². The maximum Gasteiger partial charge on any atom is 0.183 e. The second-order valence-corrected chi connectivity index (χ2v) is 4.23. The van der Waals surface area contributed by atoms with Crippen molar-refractivity contribution in [1.29, 1.82) is 0 Å². The maximum atomic E-state index is 9.87. The maximum absolute atomic E-state index is 9.87. The number of fused-ring (bicyclic) bond motifs is 1. The molecule has 0 amide bonds. The van der Waals surface area contributed by atoms with Gasteiger partial charge in [-0.15, -0.1) is 0 Å². The Hall–Kier alpha value is -1.77. The highest BCUT2D eigenvalue weighted by Crippen LogP contribution is 2.32. The van der Waals surface area contributed by atoms with E-state index in [-0.39, 0.29) is 18.2 Å². The molecule has 0 radical (unpaired) electrons. The van der Waals surface area contributed by atoms with Crippen LogP contribution in [0.3, 0.4) is 0 Å². The Labute approximate surface area is 102 Å². The topological polar surface area (TPSA) is 130 Å². The van der Waals surface area contributed by atoms with Crippen LogP contribution in [0.15, 0.2) is 6.33 Å². The lowest BCUT2D eigenvalue weighted by Gasteiger charge is -2.13. The summed E-state index contributed by atoms with van der Waals surface area (Å²) in [6.07, 6.45) is -0.00136. The highest BCUT2D eigenvalue weighted by atomic mass is 16.5. The van der Waals surface area contributed by atoms with Crippen molar-refractivity contribution in [2.75, 3.05) is 12.3 Å². The third kappa shape index (κ3) is 1.70. The molecule has 3 rings (SSSR count). The Balaban J connectivity index is 1.99. The normalized spacial score (nSPS) is 28.0. The minimum absolute atomic E-state index is 0.145. The van der Waals surface area contributed by atoms with Gasteiger partial charge in [-0.1, -0.05) is 0 Å². The van der Waals surface area contributed by atoms with Crippen molar-refractivity contribution in [1.82, 2.24) is 19.9 Å². The number of aliphatic hydroxyl groups is 2. The smallest absolute Gasteiger partial charge is 0.183 e. The molecule has 8 nitrogen and oxygen atoms in total. The van der Waals surface area contributed by atoms with Crippen molar-refractivity contribution < 1.29 is 14.9 Å². The van der Waals surface area contributed by atoms with Crippen LogP contribution >= 0.6 is 0 Å². The van der Waals surface area contributed by atoms with Crippen molar-refractivity contribution >= 4 is 17.0 Å². The van der Waals surface area contributed by atoms with Crippen LogP contribution in [-0.2, 0) is 4.74 Å². The molecule has 5 N–H and O–H groups in total. The monoisotopic (exact) mass is 251 g/mol. The zero-order valence-corrected chi connectivity index (χ0v) is 9.45. The van der Waals surface area contributed by atoms with Crippen LogP contribution in [-0.4, -0.2) is 49.0 Å². The van der Waals surface area contributed by atoms with Crippen molar-refractivity contribution in [2.24, 2.45) is 0 Å². The predicted octanol–water partition coefficient (Wildman–Crippen LogP) is -0.882. The number of anilines is 1. The molecule has 0 bridgehead atoms. The van der Waals surface area contributed by atoms with E-state index in [4.69, 9.17) is 15.6 Å². The van der Waals surface area contributed by atoms with Gasteiger partial charge in [0.2, 0.25) is 0 Å². The Kier molecular flexibility index (Phi) is 2.62. The number of ether oxygens (including phenoxy) is 1. The lowest BCUT2D eigenvalue weighted by Crippen LogP contribution is -2.16. The highest BCUT2D eigenvalue weighted by molar-refractivity contribution is 5.80. The summed E-state index contributed by atoms with van der Waals surface area (Å²) >= 11 is 0. The van der Waals surface area contributed by atoms with Gasteiger partial charge in [-0.05, 0) is 0 Å². The number of hydrogen-bond acceptors (Lipinski definition) is 7.